The third-order valence-electron chi connectivity index (χ3n) is 4.49. The monoisotopic (exact) mass is 320 g/mol. The molecule has 1 aliphatic rings. The minimum absolute atomic E-state index is 0.0439. The van der Waals surface area contributed by atoms with Gasteiger partial charge in [0.1, 0.15) is 0 Å². The first-order chi connectivity index (χ1) is 11.5. The molecule has 6 heteroatoms. The molecule has 0 amide bonds. The van der Waals surface area contributed by atoms with Crippen molar-refractivity contribution in [3.05, 3.63) is 64.2 Å². The van der Waals surface area contributed by atoms with Gasteiger partial charge < -0.3 is 4.57 Å². The second-order valence-electron chi connectivity index (χ2n) is 6.60. The van der Waals surface area contributed by atoms with Crippen molar-refractivity contribution in [3.8, 4) is 22.8 Å². The molecule has 0 radical (unpaired) electrons. The van der Waals surface area contributed by atoms with Gasteiger partial charge in [0.25, 0.3) is 5.69 Å². The van der Waals surface area contributed by atoms with Crippen molar-refractivity contribution in [3.63, 3.8) is 0 Å². The summed E-state index contributed by atoms with van der Waals surface area (Å²) in [6.45, 7) is 4.21. The number of rotatable bonds is 2. The highest BCUT2D eigenvalue weighted by atomic mass is 16.6. The quantitative estimate of drug-likeness (QED) is 0.531. The van der Waals surface area contributed by atoms with Crippen molar-refractivity contribution in [2.45, 2.75) is 25.8 Å². The first-order valence-corrected chi connectivity index (χ1v) is 7.77. The van der Waals surface area contributed by atoms with Crippen LogP contribution in [0.3, 0.4) is 0 Å². The summed E-state index contributed by atoms with van der Waals surface area (Å²) in [6, 6.07) is 14.8. The molecule has 0 unspecified atom stereocenters. The summed E-state index contributed by atoms with van der Waals surface area (Å²) in [5.41, 5.74) is 2.52. The van der Waals surface area contributed by atoms with Crippen molar-refractivity contribution in [2.75, 3.05) is 0 Å². The summed E-state index contributed by atoms with van der Waals surface area (Å²) in [6.07, 6.45) is 0.821. The van der Waals surface area contributed by atoms with E-state index in [4.69, 9.17) is 0 Å². The molecule has 2 aromatic carbocycles. The predicted molar refractivity (Wildman–Crippen MR) is 90.6 cm³/mol. The lowest BCUT2D eigenvalue weighted by molar-refractivity contribution is -0.384. The van der Waals surface area contributed by atoms with Crippen LogP contribution >= 0.6 is 0 Å². The van der Waals surface area contributed by atoms with Crippen LogP contribution < -0.4 is 0 Å². The van der Waals surface area contributed by atoms with Gasteiger partial charge in [-0.05, 0) is 31.9 Å². The summed E-state index contributed by atoms with van der Waals surface area (Å²) in [7, 11) is 0. The fourth-order valence-electron chi connectivity index (χ4n) is 3.47. The third kappa shape index (κ3) is 2.03. The Bertz CT molecular complexity index is 959. The van der Waals surface area contributed by atoms with Gasteiger partial charge in [-0.3, -0.25) is 10.1 Å². The molecule has 1 aliphatic heterocycles. The zero-order valence-corrected chi connectivity index (χ0v) is 13.4. The lowest BCUT2D eigenvalue weighted by Crippen LogP contribution is -2.33. The Morgan fingerprint density at radius 3 is 2.29 bits per heavy atom. The lowest BCUT2D eigenvalue weighted by Gasteiger charge is -2.34. The van der Waals surface area contributed by atoms with Crippen LogP contribution in [0.1, 0.15) is 19.4 Å². The molecule has 0 atom stereocenters. The highest BCUT2D eigenvalue weighted by Crippen LogP contribution is 2.41. The number of aromatic nitrogens is 3. The van der Waals surface area contributed by atoms with E-state index < -0.39 is 0 Å². The second-order valence-corrected chi connectivity index (χ2v) is 6.60. The first-order valence-electron chi connectivity index (χ1n) is 7.77. The van der Waals surface area contributed by atoms with Gasteiger partial charge in [0.2, 0.25) is 0 Å². The third-order valence-corrected chi connectivity index (χ3v) is 4.49. The van der Waals surface area contributed by atoms with Crippen LogP contribution in [0.2, 0.25) is 0 Å². The Morgan fingerprint density at radius 2 is 1.58 bits per heavy atom. The van der Waals surface area contributed by atoms with E-state index in [1.807, 2.05) is 22.8 Å². The molecule has 0 saturated carbocycles. The van der Waals surface area contributed by atoms with Crippen molar-refractivity contribution in [2.24, 2.45) is 0 Å². The molecule has 0 saturated heterocycles. The van der Waals surface area contributed by atoms with Crippen LogP contribution in [0.5, 0.6) is 0 Å². The van der Waals surface area contributed by atoms with Crippen LogP contribution in [-0.4, -0.2) is 19.7 Å². The highest BCUT2D eigenvalue weighted by Gasteiger charge is 2.35. The van der Waals surface area contributed by atoms with Crippen LogP contribution in [0.25, 0.3) is 22.8 Å². The van der Waals surface area contributed by atoms with Crippen molar-refractivity contribution in [1.29, 1.82) is 0 Å². The van der Waals surface area contributed by atoms with Crippen molar-refractivity contribution < 1.29 is 4.92 Å². The molecule has 0 N–H and O–H groups in total. The van der Waals surface area contributed by atoms with Gasteiger partial charge in [-0.1, -0.05) is 36.4 Å². The zero-order valence-electron chi connectivity index (χ0n) is 13.4. The van der Waals surface area contributed by atoms with E-state index in [9.17, 15) is 10.1 Å². The Balaban J connectivity index is 2.01. The van der Waals surface area contributed by atoms with Crippen molar-refractivity contribution in [1.82, 2.24) is 14.8 Å². The van der Waals surface area contributed by atoms with Gasteiger partial charge in [0, 0.05) is 17.2 Å². The fourth-order valence-corrected chi connectivity index (χ4v) is 3.47. The zero-order chi connectivity index (χ0) is 16.9. The number of hydrogen-bond acceptors (Lipinski definition) is 4. The predicted octanol–water partition coefficient (Wildman–Crippen LogP) is 3.81. The molecule has 0 fully saturated rings. The normalized spacial score (nSPS) is 14.8. The number of hydrogen-bond donors (Lipinski definition) is 0. The van der Waals surface area contributed by atoms with E-state index >= 15 is 0 Å². The molecular formula is C18H16N4O2. The summed E-state index contributed by atoms with van der Waals surface area (Å²) >= 11 is 0. The highest BCUT2D eigenvalue weighted by molar-refractivity contribution is 5.72. The number of para-hydroxylation sites is 1. The largest absolute Gasteiger partial charge is 0.301 e. The molecule has 0 aliphatic carbocycles. The van der Waals surface area contributed by atoms with Crippen LogP contribution in [0.15, 0.2) is 48.5 Å². The standard InChI is InChI=1S/C18H16N4O2/c1-18(2)11-12-7-3-4-8-13(12)16-19-20-17(21(16)18)14-9-5-6-10-15(14)22(23)24/h3-10H,11H2,1-2H3. The van der Waals surface area contributed by atoms with Crippen LogP contribution in [0.4, 0.5) is 5.69 Å². The average molecular weight is 320 g/mol. The minimum Gasteiger partial charge on any atom is -0.301 e. The fraction of sp³-hybridized carbons (Fsp3) is 0.222. The average Bonchev–Trinajstić information content (AvgIpc) is 3.01. The Morgan fingerprint density at radius 1 is 1.00 bits per heavy atom. The summed E-state index contributed by atoms with van der Waals surface area (Å²) in [5, 5.41) is 20.1. The number of fused-ring (bicyclic) bond motifs is 3. The topological polar surface area (TPSA) is 73.8 Å². The van der Waals surface area contributed by atoms with E-state index in [0.29, 0.717) is 11.4 Å². The number of nitrogens with zero attached hydrogens (tertiary/aromatic N) is 4. The van der Waals surface area contributed by atoms with Crippen LogP contribution in [0, 0.1) is 10.1 Å². The summed E-state index contributed by atoms with van der Waals surface area (Å²) in [5.74, 6) is 1.30. The Labute approximate surface area is 138 Å². The Hall–Kier alpha value is -3.02. The maximum absolute atomic E-state index is 11.4. The van der Waals surface area contributed by atoms with Crippen LogP contribution in [-0.2, 0) is 12.0 Å². The molecular weight excluding hydrogens is 304 g/mol. The van der Waals surface area contributed by atoms with Gasteiger partial charge in [0.15, 0.2) is 11.6 Å². The molecule has 2 heterocycles. The molecule has 4 rings (SSSR count). The summed E-state index contributed by atoms with van der Waals surface area (Å²) < 4.78 is 2.03. The lowest BCUT2D eigenvalue weighted by atomic mass is 9.87. The molecule has 0 spiro atoms. The molecule has 6 nitrogen and oxygen atoms in total. The summed E-state index contributed by atoms with van der Waals surface area (Å²) in [4.78, 5) is 11.0. The number of nitro groups is 1. The molecule has 1 aromatic heterocycles. The maximum atomic E-state index is 11.4. The molecule has 120 valence electrons. The Kier molecular flexibility index (Phi) is 3.03. The van der Waals surface area contributed by atoms with Gasteiger partial charge in [0.05, 0.1) is 10.5 Å². The van der Waals surface area contributed by atoms with E-state index in [1.165, 1.54) is 11.6 Å². The van der Waals surface area contributed by atoms with Gasteiger partial charge in [-0.15, -0.1) is 10.2 Å². The molecule has 0 bridgehead atoms. The first kappa shape index (κ1) is 14.6. The van der Waals surface area contributed by atoms with E-state index in [2.05, 4.69) is 30.1 Å². The number of nitro benzene ring substituents is 1. The smallest absolute Gasteiger partial charge is 0.280 e. The second kappa shape index (κ2) is 4.99. The maximum Gasteiger partial charge on any atom is 0.280 e. The van der Waals surface area contributed by atoms with E-state index in [1.54, 1.807) is 18.2 Å². The van der Waals surface area contributed by atoms with Gasteiger partial charge >= 0.3 is 0 Å². The minimum atomic E-state index is -0.374. The molecule has 3 aromatic rings. The number of benzene rings is 2. The van der Waals surface area contributed by atoms with Gasteiger partial charge in [-0.25, -0.2) is 0 Å². The SMILES string of the molecule is CC1(C)Cc2ccccc2-c2nnc(-c3ccccc3[N+](=O)[O-])n21. The molecule has 24 heavy (non-hydrogen) atoms. The van der Waals surface area contributed by atoms with Crippen molar-refractivity contribution >= 4 is 5.69 Å². The van der Waals surface area contributed by atoms with Gasteiger partial charge in [-0.2, -0.15) is 0 Å². The van der Waals surface area contributed by atoms with E-state index in [0.717, 1.165) is 17.8 Å². The van der Waals surface area contributed by atoms with E-state index in [-0.39, 0.29) is 16.1 Å².